The molecule has 7 rings (SSSR count). The number of hydrogen-bond donors (Lipinski definition) is 0. The fraction of sp³-hybridized carbons (Fsp3) is 0.418. The number of ketones is 1. The zero-order chi connectivity index (χ0) is 72.8. The topological polar surface area (TPSA) is 87.0 Å². The van der Waals surface area contributed by atoms with Gasteiger partial charge in [-0.1, -0.05) is 214 Å². The molecule has 0 aliphatic heterocycles. The molecule has 7 aromatic carbocycles. The minimum atomic E-state index is -1.45. The first-order chi connectivity index (χ1) is 44.2. The summed E-state index contributed by atoms with van der Waals surface area (Å²) in [6, 6.07) is 27.8. The Balaban J connectivity index is 0.000000584. The van der Waals surface area contributed by atoms with E-state index >= 15 is 0 Å². The van der Waals surface area contributed by atoms with Crippen LogP contribution in [-0.4, -0.2) is 40.6 Å². The number of terminal acetylenes is 1. The highest BCUT2D eigenvalue weighted by molar-refractivity contribution is 6.39. The number of alkyl halides is 1. The minimum absolute atomic E-state index is 0. The molecule has 0 spiro atoms. The van der Waals surface area contributed by atoms with Crippen LogP contribution in [0.25, 0.3) is 0 Å². The quantitative estimate of drug-likeness (QED) is 0.0704. The van der Waals surface area contributed by atoms with E-state index in [2.05, 4.69) is 61.3 Å². The maximum absolute atomic E-state index is 13.5. The first-order valence-corrected chi connectivity index (χ1v) is 34.1. The van der Waals surface area contributed by atoms with Gasteiger partial charge in [0.2, 0.25) is 6.36 Å². The number of halogens is 10. The lowest BCUT2D eigenvalue weighted by molar-refractivity contribution is 0.0857. The molecule has 0 radical (unpaired) electrons. The minimum Gasteiger partial charge on any atom is -0.497 e. The first-order valence-electron chi connectivity index (χ1n) is 31.1. The third-order valence-electron chi connectivity index (χ3n) is 15.1. The van der Waals surface area contributed by atoms with E-state index in [9.17, 15) is 13.6 Å². The molecule has 0 amide bonds. The Morgan fingerprint density at radius 1 is 0.510 bits per heavy atom. The van der Waals surface area contributed by atoms with Gasteiger partial charge < -0.3 is 23.7 Å². The van der Waals surface area contributed by atoms with Crippen molar-refractivity contribution in [1.82, 2.24) is 0 Å². The van der Waals surface area contributed by atoms with E-state index in [4.69, 9.17) is 128 Å². The molecule has 0 aliphatic carbocycles. The van der Waals surface area contributed by atoms with Crippen molar-refractivity contribution in [2.75, 3.05) is 28.4 Å². The van der Waals surface area contributed by atoms with Crippen LogP contribution in [0.15, 0.2) is 84.9 Å². The molecule has 524 valence electrons. The molecule has 0 fully saturated rings. The number of carbonyl (C=O) groups is 1. The van der Waals surface area contributed by atoms with Gasteiger partial charge in [0.25, 0.3) is 0 Å². The number of Topliss-reactive ketones (excluding diaryl/α,β-unsaturated/α-hetero) is 1. The highest BCUT2D eigenvalue weighted by Crippen LogP contribution is 2.45. The molecule has 0 aromatic heterocycles. The van der Waals surface area contributed by atoms with Gasteiger partial charge in [-0.2, -0.15) is 5.26 Å². The number of hydrogen-bond acceptors (Lipinski definition) is 7. The summed E-state index contributed by atoms with van der Waals surface area (Å²) in [5.74, 6) is 7.14. The van der Waals surface area contributed by atoms with E-state index in [0.29, 0.717) is 94.4 Å². The van der Waals surface area contributed by atoms with Gasteiger partial charge in [-0.15, -0.1) is 6.42 Å². The Hall–Kier alpha value is -5.56. The van der Waals surface area contributed by atoms with Crippen molar-refractivity contribution in [3.8, 4) is 47.2 Å². The summed E-state index contributed by atoms with van der Waals surface area (Å²) < 4.78 is 52.0. The maximum atomic E-state index is 13.5. The van der Waals surface area contributed by atoms with Crippen LogP contribution in [0, 0.1) is 57.2 Å². The summed E-state index contributed by atoms with van der Waals surface area (Å²) in [4.78, 5) is 12.6. The normalized spacial score (nSPS) is 11.1. The first kappa shape index (κ1) is 88.5. The number of nitriles is 1. The number of carbonyl (C=O) groups excluding carboxylic acids is 1. The van der Waals surface area contributed by atoms with Gasteiger partial charge in [-0.3, -0.25) is 4.79 Å². The Bertz CT molecular complexity index is 3740. The average molecular weight is 1480 g/mol. The fourth-order valence-electron chi connectivity index (χ4n) is 9.55. The van der Waals surface area contributed by atoms with Crippen molar-refractivity contribution in [2.45, 2.75) is 193 Å². The molecule has 96 heavy (non-hydrogen) atoms. The number of ether oxygens (including phenoxy) is 5. The highest BCUT2D eigenvalue weighted by atomic mass is 35.5. The maximum Gasteiger partial charge on any atom is 0.235 e. The lowest BCUT2D eigenvalue weighted by Gasteiger charge is -2.18. The smallest absolute Gasteiger partial charge is 0.235 e. The van der Waals surface area contributed by atoms with E-state index in [1.165, 1.54) is 20.1 Å². The van der Waals surface area contributed by atoms with Crippen molar-refractivity contribution < 1.29 is 37.3 Å². The van der Waals surface area contributed by atoms with Crippen LogP contribution >= 0.6 is 92.8 Å². The van der Waals surface area contributed by atoms with Gasteiger partial charge in [0.1, 0.15) is 34.6 Å². The van der Waals surface area contributed by atoms with Crippen molar-refractivity contribution in [3.05, 3.63) is 209 Å². The van der Waals surface area contributed by atoms with E-state index in [0.717, 1.165) is 70.9 Å². The van der Waals surface area contributed by atoms with Gasteiger partial charge in [0.15, 0.2) is 5.78 Å². The molecule has 1 atom stereocenters. The number of benzene rings is 7. The van der Waals surface area contributed by atoms with E-state index in [1.807, 2.05) is 129 Å². The van der Waals surface area contributed by atoms with Crippen LogP contribution in [0.2, 0.25) is 40.2 Å². The predicted octanol–water partition coefficient (Wildman–Crippen LogP) is 27.0. The largest absolute Gasteiger partial charge is 0.497 e. The molecule has 7 aromatic rings. The van der Waals surface area contributed by atoms with Gasteiger partial charge in [0, 0.05) is 45.1 Å². The van der Waals surface area contributed by atoms with E-state index in [-0.39, 0.29) is 47.9 Å². The van der Waals surface area contributed by atoms with Crippen molar-refractivity contribution >= 4 is 98.6 Å². The molecule has 17 heteroatoms. The van der Waals surface area contributed by atoms with E-state index < -0.39 is 6.36 Å². The summed E-state index contributed by atoms with van der Waals surface area (Å²) in [6.45, 7) is 37.2. The summed E-state index contributed by atoms with van der Waals surface area (Å²) in [5.41, 5.74) is 11.9. The third kappa shape index (κ3) is 25.0. The van der Waals surface area contributed by atoms with Crippen molar-refractivity contribution in [1.29, 1.82) is 5.26 Å². The zero-order valence-corrected chi connectivity index (χ0v) is 65.1. The fourth-order valence-corrected chi connectivity index (χ4v) is 12.8. The van der Waals surface area contributed by atoms with Crippen molar-refractivity contribution in [2.24, 2.45) is 0 Å². The summed E-state index contributed by atoms with van der Waals surface area (Å²) >= 11 is 49.4. The van der Waals surface area contributed by atoms with Crippen LogP contribution in [-0.2, 0) is 11.8 Å². The van der Waals surface area contributed by atoms with Crippen LogP contribution in [0.3, 0.4) is 0 Å². The molecule has 0 N–H and O–H groups in total. The number of rotatable bonds is 16. The molecule has 7 nitrogen and oxygen atoms in total. The summed E-state index contributed by atoms with van der Waals surface area (Å²) in [5, 5.41) is 13.7. The SMILES string of the molecule is C.C#CC(C)(C)c1cccc(CC(=O)c2ccc(Cl)c(C(C)C)c2)c1.COc1cc(C)c(Cl)c(C(C)C)c1.COc1cc(C)c(Cl)c(C(C)C)c1Cl.COc1cc(C)c(Cl)c(C(C)C)c1Cl.COc1cc(OC(C)F)c(Cl)c(C(C)C)c1Cl.Cc1cc(C#N)cc(C(C)C)c1F. The van der Waals surface area contributed by atoms with Gasteiger partial charge >= 0.3 is 0 Å². The lowest BCUT2D eigenvalue weighted by atomic mass is 9.84. The number of methoxy groups -OCH3 is 4. The molecule has 0 bridgehead atoms. The van der Waals surface area contributed by atoms with E-state index in [1.54, 1.807) is 46.5 Å². The standard InChI is InChI=1S/C22H23ClO.C12H15Cl2FO2.2C11H14Cl2O.C11H15ClO.C11H12FN.CH4/c1-6-22(4,5)18-9-7-8-16(12-18)13-21(24)17-10-11-20(23)19(14-17)15(2)3;1-6(2)10-11(13)8(16-4)5-9(12(10)14)17-7(3)15;2*1-6(2)9-10(12)7(3)5-8(14-4)11(9)13;1-7(2)10-6-9(13-4)5-8(3)11(10)12;1-7(2)10-5-9(6-13)4-8(3)11(10)12;/h1,7-12,14-15H,13H2,2-5H3;5-7H,1-4H3;2*5-6H,1-4H3;5-7H,1-4H3;4-5,7H,1-3H3;1H4. The van der Waals surface area contributed by atoms with Gasteiger partial charge in [-0.05, 0) is 198 Å². The number of nitrogens with zero attached hydrogens (tertiary/aromatic N) is 1. The van der Waals surface area contributed by atoms with Crippen LogP contribution in [0.5, 0.6) is 28.7 Å². The zero-order valence-electron chi connectivity index (χ0n) is 59.1. The average Bonchev–Trinajstić information content (AvgIpc) is 0.834. The van der Waals surface area contributed by atoms with Crippen molar-refractivity contribution in [3.63, 3.8) is 0 Å². The molecular weight excluding hydrogens is 1380 g/mol. The molecule has 1 unspecified atom stereocenters. The Labute approximate surface area is 613 Å². The van der Waals surface area contributed by atoms with Gasteiger partial charge in [0.05, 0.1) is 65.6 Å². The highest BCUT2D eigenvalue weighted by Gasteiger charge is 2.23. The van der Waals surface area contributed by atoms with Crippen LogP contribution < -0.4 is 23.7 Å². The Morgan fingerprint density at radius 3 is 1.35 bits per heavy atom. The molecule has 0 saturated carbocycles. The van der Waals surface area contributed by atoms with Gasteiger partial charge in [-0.25, -0.2) is 8.78 Å². The molecule has 0 aliphatic rings. The second-order valence-electron chi connectivity index (χ2n) is 25.0. The van der Waals surface area contributed by atoms with Crippen LogP contribution in [0.1, 0.15) is 229 Å². The Morgan fingerprint density at radius 2 is 0.948 bits per heavy atom. The second-order valence-corrected chi connectivity index (χ2v) is 28.1. The second kappa shape index (κ2) is 41.1. The Kier molecular flexibility index (Phi) is 37.9. The molecule has 0 heterocycles. The molecular formula is C79H97Cl8F2NO6. The third-order valence-corrected chi connectivity index (χ3v) is 18.5. The monoisotopic (exact) mass is 1470 g/mol. The van der Waals surface area contributed by atoms with Crippen LogP contribution in [0.4, 0.5) is 8.78 Å². The predicted molar refractivity (Wildman–Crippen MR) is 407 cm³/mol. The summed E-state index contributed by atoms with van der Waals surface area (Å²) in [7, 11) is 6.38. The summed E-state index contributed by atoms with van der Waals surface area (Å²) in [6.07, 6.45) is 4.52. The number of aryl methyl sites for hydroxylation is 4. The molecule has 0 saturated heterocycles. The lowest BCUT2D eigenvalue weighted by Crippen LogP contribution is -2.14.